The van der Waals surface area contributed by atoms with Crippen molar-refractivity contribution in [3.05, 3.63) is 46.2 Å². The molecular formula is C15H22N4S. The normalized spacial score (nSPS) is 14.2. The van der Waals surface area contributed by atoms with Crippen molar-refractivity contribution in [3.63, 3.8) is 0 Å². The molecule has 0 bridgehead atoms. The molecule has 0 radical (unpaired) electrons. The van der Waals surface area contributed by atoms with Gasteiger partial charge in [-0.1, -0.05) is 36.8 Å². The van der Waals surface area contributed by atoms with Gasteiger partial charge in [-0.2, -0.15) is 4.37 Å². The number of aryl methyl sites for hydroxylation is 1. The molecule has 1 heterocycles. The number of hydrogen-bond donors (Lipinski definition) is 2. The van der Waals surface area contributed by atoms with Gasteiger partial charge >= 0.3 is 0 Å². The summed E-state index contributed by atoms with van der Waals surface area (Å²) in [5.74, 6) is 0.844. The predicted octanol–water partition coefficient (Wildman–Crippen LogP) is 2.56. The summed E-state index contributed by atoms with van der Waals surface area (Å²) in [6, 6.07) is 8.44. The van der Waals surface area contributed by atoms with E-state index in [0.29, 0.717) is 0 Å². The van der Waals surface area contributed by atoms with Crippen molar-refractivity contribution in [2.24, 2.45) is 11.5 Å². The fourth-order valence-corrected chi connectivity index (χ4v) is 2.77. The summed E-state index contributed by atoms with van der Waals surface area (Å²) in [5.41, 5.74) is 14.5. The fourth-order valence-electron chi connectivity index (χ4n) is 2.09. The van der Waals surface area contributed by atoms with Gasteiger partial charge in [-0.05, 0) is 36.9 Å². The van der Waals surface area contributed by atoms with Gasteiger partial charge in [0.2, 0.25) is 0 Å². The summed E-state index contributed by atoms with van der Waals surface area (Å²) in [5, 5.41) is 0.886. The molecule has 1 aromatic carbocycles. The van der Waals surface area contributed by atoms with Crippen LogP contribution in [-0.4, -0.2) is 15.4 Å². The lowest BCUT2D eigenvalue weighted by Crippen LogP contribution is -2.25. The number of rotatable bonds is 6. The van der Waals surface area contributed by atoms with E-state index in [2.05, 4.69) is 47.5 Å². The molecular weight excluding hydrogens is 268 g/mol. The highest BCUT2D eigenvalue weighted by atomic mass is 32.1. The maximum atomic E-state index is 6.13. The first-order valence-electron chi connectivity index (χ1n) is 6.97. The van der Waals surface area contributed by atoms with Gasteiger partial charge in [0, 0.05) is 12.5 Å². The van der Waals surface area contributed by atoms with Crippen molar-refractivity contribution in [1.29, 1.82) is 0 Å². The third-order valence-corrected chi connectivity index (χ3v) is 4.21. The largest absolute Gasteiger partial charge is 0.328 e. The van der Waals surface area contributed by atoms with Crippen molar-refractivity contribution in [2.45, 2.75) is 45.2 Å². The Morgan fingerprint density at radius 1 is 1.30 bits per heavy atom. The van der Waals surface area contributed by atoms with Crippen molar-refractivity contribution < 1.29 is 0 Å². The third-order valence-electron chi connectivity index (χ3n) is 3.33. The van der Waals surface area contributed by atoms with E-state index >= 15 is 0 Å². The van der Waals surface area contributed by atoms with Crippen LogP contribution in [0.5, 0.6) is 0 Å². The van der Waals surface area contributed by atoms with Crippen molar-refractivity contribution >= 4 is 11.5 Å². The quantitative estimate of drug-likeness (QED) is 0.857. The molecule has 108 valence electrons. The van der Waals surface area contributed by atoms with Crippen LogP contribution < -0.4 is 11.5 Å². The highest BCUT2D eigenvalue weighted by Crippen LogP contribution is 2.19. The zero-order chi connectivity index (χ0) is 14.5. The van der Waals surface area contributed by atoms with Gasteiger partial charge in [-0.25, -0.2) is 4.98 Å². The van der Waals surface area contributed by atoms with Gasteiger partial charge in [0.25, 0.3) is 0 Å². The van der Waals surface area contributed by atoms with E-state index in [-0.39, 0.29) is 12.1 Å². The SMILES string of the molecule is CCC(N)CC(N)c1nc(Cc2cccc(C)c2)ns1. The topological polar surface area (TPSA) is 77.8 Å². The molecule has 0 aliphatic carbocycles. The lowest BCUT2D eigenvalue weighted by Gasteiger charge is -2.12. The number of nitrogens with zero attached hydrogens (tertiary/aromatic N) is 2. The second kappa shape index (κ2) is 6.92. The van der Waals surface area contributed by atoms with Gasteiger partial charge in [0.1, 0.15) is 10.8 Å². The molecule has 0 saturated heterocycles. The summed E-state index contributed by atoms with van der Waals surface area (Å²) in [6.45, 7) is 4.16. The van der Waals surface area contributed by atoms with E-state index in [1.807, 2.05) is 0 Å². The van der Waals surface area contributed by atoms with Gasteiger partial charge in [0.05, 0.1) is 6.04 Å². The minimum absolute atomic E-state index is 0.103. The Labute approximate surface area is 124 Å². The van der Waals surface area contributed by atoms with E-state index < -0.39 is 0 Å². The standard InChI is InChI=1S/C15H22N4S/c1-3-12(16)9-13(17)15-18-14(19-20-15)8-11-6-4-5-10(2)7-11/h4-7,12-13H,3,8-9,16-17H2,1-2H3. The second-order valence-corrected chi connectivity index (χ2v) is 6.01. The van der Waals surface area contributed by atoms with Crippen LogP contribution in [-0.2, 0) is 6.42 Å². The van der Waals surface area contributed by atoms with Crippen LogP contribution in [0.4, 0.5) is 0 Å². The minimum Gasteiger partial charge on any atom is -0.328 e. The van der Waals surface area contributed by atoms with Crippen LogP contribution in [0.1, 0.15) is 47.8 Å². The van der Waals surface area contributed by atoms with Gasteiger partial charge in [0.15, 0.2) is 0 Å². The molecule has 2 unspecified atom stereocenters. The first-order valence-corrected chi connectivity index (χ1v) is 7.75. The van der Waals surface area contributed by atoms with Crippen molar-refractivity contribution in [2.75, 3.05) is 0 Å². The minimum atomic E-state index is -0.103. The molecule has 0 aliphatic rings. The first-order chi connectivity index (χ1) is 9.58. The summed E-state index contributed by atoms with van der Waals surface area (Å²) in [6.07, 6.45) is 2.45. The average Bonchev–Trinajstić information content (AvgIpc) is 2.87. The molecule has 2 rings (SSSR count). The lowest BCUT2D eigenvalue weighted by molar-refractivity contribution is 0.523. The molecule has 4 N–H and O–H groups in total. The van der Waals surface area contributed by atoms with E-state index in [4.69, 9.17) is 11.5 Å². The van der Waals surface area contributed by atoms with Crippen molar-refractivity contribution in [1.82, 2.24) is 9.36 Å². The molecule has 20 heavy (non-hydrogen) atoms. The first kappa shape index (κ1) is 15.1. The number of aromatic nitrogens is 2. The van der Waals surface area contributed by atoms with E-state index in [1.54, 1.807) is 0 Å². The van der Waals surface area contributed by atoms with Gasteiger partial charge in [-0.3, -0.25) is 0 Å². The summed E-state index contributed by atoms with van der Waals surface area (Å²) in [4.78, 5) is 4.55. The smallest absolute Gasteiger partial charge is 0.147 e. The third kappa shape index (κ3) is 4.10. The average molecular weight is 290 g/mol. The Balaban J connectivity index is 2.02. The highest BCUT2D eigenvalue weighted by molar-refractivity contribution is 7.05. The summed E-state index contributed by atoms with van der Waals surface area (Å²) in [7, 11) is 0. The van der Waals surface area contributed by atoms with Gasteiger partial charge < -0.3 is 11.5 Å². The zero-order valence-corrected chi connectivity index (χ0v) is 12.9. The Kier molecular flexibility index (Phi) is 5.23. The molecule has 0 spiro atoms. The molecule has 1 aromatic heterocycles. The molecule has 2 aromatic rings. The van der Waals surface area contributed by atoms with Gasteiger partial charge in [-0.15, -0.1) is 0 Å². The maximum Gasteiger partial charge on any atom is 0.147 e. The zero-order valence-electron chi connectivity index (χ0n) is 12.0. The van der Waals surface area contributed by atoms with Crippen molar-refractivity contribution in [3.8, 4) is 0 Å². The fraction of sp³-hybridized carbons (Fsp3) is 0.467. The van der Waals surface area contributed by atoms with Crippen LogP contribution in [0.2, 0.25) is 0 Å². The summed E-state index contributed by atoms with van der Waals surface area (Å²) < 4.78 is 4.41. The number of nitrogens with two attached hydrogens (primary N) is 2. The second-order valence-electron chi connectivity index (χ2n) is 5.23. The van der Waals surface area contributed by atoms with E-state index in [1.165, 1.54) is 22.7 Å². The van der Waals surface area contributed by atoms with Crippen LogP contribution in [0, 0.1) is 6.92 Å². The van der Waals surface area contributed by atoms with E-state index in [9.17, 15) is 0 Å². The highest BCUT2D eigenvalue weighted by Gasteiger charge is 2.15. The Morgan fingerprint density at radius 3 is 2.80 bits per heavy atom. The monoisotopic (exact) mass is 290 g/mol. The number of benzene rings is 1. The van der Waals surface area contributed by atoms with Crippen LogP contribution in [0.15, 0.2) is 24.3 Å². The molecule has 0 saturated carbocycles. The molecule has 2 atom stereocenters. The van der Waals surface area contributed by atoms with E-state index in [0.717, 1.165) is 30.1 Å². The van der Waals surface area contributed by atoms with Crippen LogP contribution in [0.3, 0.4) is 0 Å². The molecule has 0 aliphatic heterocycles. The molecule has 0 fully saturated rings. The Morgan fingerprint density at radius 2 is 2.10 bits per heavy atom. The maximum absolute atomic E-state index is 6.13. The molecule has 4 nitrogen and oxygen atoms in total. The summed E-state index contributed by atoms with van der Waals surface area (Å²) >= 11 is 1.39. The van der Waals surface area contributed by atoms with Crippen LogP contribution in [0.25, 0.3) is 0 Å². The Hall–Kier alpha value is -1.30. The predicted molar refractivity (Wildman–Crippen MR) is 83.7 cm³/mol. The van der Waals surface area contributed by atoms with Crippen LogP contribution >= 0.6 is 11.5 Å². The molecule has 5 heteroatoms. The lowest BCUT2D eigenvalue weighted by atomic mass is 10.1. The molecule has 0 amide bonds. The Bertz CT molecular complexity index is 552. The number of hydrogen-bond acceptors (Lipinski definition) is 5.